The summed E-state index contributed by atoms with van der Waals surface area (Å²) in [5.74, 6) is 0.516. The van der Waals surface area contributed by atoms with E-state index in [1.54, 1.807) is 6.07 Å². The highest BCUT2D eigenvalue weighted by Crippen LogP contribution is 2.35. The molecule has 1 saturated heterocycles. The van der Waals surface area contributed by atoms with E-state index < -0.39 is 11.5 Å². The summed E-state index contributed by atoms with van der Waals surface area (Å²) in [5.41, 5.74) is 11.0. The first-order valence-corrected chi connectivity index (χ1v) is 11.7. The van der Waals surface area contributed by atoms with E-state index >= 15 is 0 Å². The quantitative estimate of drug-likeness (QED) is 0.372. The van der Waals surface area contributed by atoms with Gasteiger partial charge in [-0.05, 0) is 43.2 Å². The number of H-pyrrole nitrogens is 1. The van der Waals surface area contributed by atoms with Crippen LogP contribution in [0.4, 0.5) is 16.2 Å². The summed E-state index contributed by atoms with van der Waals surface area (Å²) < 4.78 is 16.1. The maximum absolute atomic E-state index is 13.4. The zero-order chi connectivity index (χ0) is 24.8. The average molecular weight is 484 g/mol. The van der Waals surface area contributed by atoms with Gasteiger partial charge in [-0.1, -0.05) is 30.3 Å². The normalized spacial score (nSPS) is 13.2. The van der Waals surface area contributed by atoms with Crippen molar-refractivity contribution in [2.24, 2.45) is 0 Å². The summed E-state index contributed by atoms with van der Waals surface area (Å²) in [4.78, 5) is 29.1. The Labute approximate surface area is 205 Å². The number of nitrogens with one attached hydrogen (secondary N) is 1. The molecule has 4 aromatic heterocycles. The van der Waals surface area contributed by atoms with Crippen LogP contribution in [0.2, 0.25) is 0 Å². The molecule has 0 atom stereocenters. The number of halogens is 1. The minimum atomic E-state index is -0.439. The van der Waals surface area contributed by atoms with E-state index in [2.05, 4.69) is 20.0 Å². The van der Waals surface area contributed by atoms with Crippen molar-refractivity contribution in [1.29, 1.82) is 0 Å². The lowest BCUT2D eigenvalue weighted by Gasteiger charge is -2.32. The molecular formula is C26H24FN8O+. The lowest BCUT2D eigenvalue weighted by Crippen LogP contribution is -2.44. The molecular weight excluding hydrogens is 459 g/mol. The van der Waals surface area contributed by atoms with Crippen LogP contribution in [0.1, 0.15) is 17.8 Å². The second-order valence-corrected chi connectivity index (χ2v) is 8.89. The van der Waals surface area contributed by atoms with E-state index in [9.17, 15) is 9.18 Å². The number of pyridine rings is 2. The zero-order valence-corrected chi connectivity index (χ0v) is 19.6. The van der Waals surface area contributed by atoms with Crippen LogP contribution in [0.3, 0.4) is 0 Å². The third-order valence-corrected chi connectivity index (χ3v) is 6.38. The molecule has 5 heterocycles. The highest BCUT2D eigenvalue weighted by Gasteiger charge is 2.27. The van der Waals surface area contributed by atoms with Gasteiger partial charge in [-0.25, -0.2) is 19.3 Å². The lowest BCUT2D eigenvalue weighted by atomic mass is 9.99. The van der Waals surface area contributed by atoms with Crippen molar-refractivity contribution in [3.05, 3.63) is 88.5 Å². The van der Waals surface area contributed by atoms with Crippen LogP contribution in [0.5, 0.6) is 0 Å². The van der Waals surface area contributed by atoms with Gasteiger partial charge in [-0.2, -0.15) is 4.68 Å². The molecule has 0 bridgehead atoms. The first kappa shape index (κ1) is 21.9. The number of nitrogens with two attached hydrogens (primary N) is 1. The smallest absolute Gasteiger partial charge is 0.356 e. The summed E-state index contributed by atoms with van der Waals surface area (Å²) in [6.07, 6.45) is 2.26. The first-order chi connectivity index (χ1) is 17.5. The Morgan fingerprint density at radius 1 is 1.08 bits per heavy atom. The molecule has 1 aromatic carbocycles. The second-order valence-electron chi connectivity index (χ2n) is 8.89. The summed E-state index contributed by atoms with van der Waals surface area (Å²) in [5, 5.41) is 3.22. The van der Waals surface area contributed by atoms with Crippen LogP contribution in [-0.4, -0.2) is 37.8 Å². The number of aryl methyl sites for hydroxylation is 1. The van der Waals surface area contributed by atoms with Gasteiger partial charge in [0.2, 0.25) is 5.65 Å². The summed E-state index contributed by atoms with van der Waals surface area (Å²) in [6.45, 7) is 4.00. The maximum Gasteiger partial charge on any atom is 0.428 e. The van der Waals surface area contributed by atoms with Crippen molar-refractivity contribution < 1.29 is 8.79 Å². The van der Waals surface area contributed by atoms with Crippen LogP contribution < -0.4 is 20.7 Å². The maximum atomic E-state index is 13.4. The summed E-state index contributed by atoms with van der Waals surface area (Å²) in [7, 11) is 0. The molecule has 9 nitrogen and oxygen atoms in total. The number of aromatic nitrogens is 6. The molecule has 10 heteroatoms. The summed E-state index contributed by atoms with van der Waals surface area (Å²) in [6, 6.07) is 16.6. The lowest BCUT2D eigenvalue weighted by molar-refractivity contribution is -0.516. The Morgan fingerprint density at radius 3 is 2.58 bits per heavy atom. The van der Waals surface area contributed by atoms with Crippen molar-refractivity contribution in [2.75, 3.05) is 23.7 Å². The van der Waals surface area contributed by atoms with Crippen LogP contribution in [0.25, 0.3) is 28.0 Å². The molecule has 0 aliphatic carbocycles. The van der Waals surface area contributed by atoms with Crippen molar-refractivity contribution in [1.82, 2.24) is 24.7 Å². The number of hydrogen-bond acceptors (Lipinski definition) is 6. The predicted molar refractivity (Wildman–Crippen MR) is 134 cm³/mol. The van der Waals surface area contributed by atoms with E-state index in [0.717, 1.165) is 53.9 Å². The predicted octanol–water partition coefficient (Wildman–Crippen LogP) is 2.72. The molecule has 0 amide bonds. The van der Waals surface area contributed by atoms with Gasteiger partial charge >= 0.3 is 11.6 Å². The topological polar surface area (TPSA) is 110 Å². The Kier molecular flexibility index (Phi) is 5.21. The van der Waals surface area contributed by atoms with Crippen LogP contribution >= 0.6 is 0 Å². The van der Waals surface area contributed by atoms with Gasteiger partial charge in [-0.3, -0.25) is 4.98 Å². The fourth-order valence-electron chi connectivity index (χ4n) is 4.51. The van der Waals surface area contributed by atoms with Gasteiger partial charge in [0.05, 0.1) is 17.5 Å². The number of aromatic amines is 1. The molecule has 0 saturated carbocycles. The average Bonchev–Trinajstić information content (AvgIpc) is 3.15. The van der Waals surface area contributed by atoms with Crippen molar-refractivity contribution in [2.45, 2.75) is 19.9 Å². The van der Waals surface area contributed by atoms with Crippen molar-refractivity contribution in [3.63, 3.8) is 0 Å². The number of fused-ring (bicyclic) bond motifs is 1. The van der Waals surface area contributed by atoms with Crippen molar-refractivity contribution >= 4 is 17.4 Å². The second kappa shape index (κ2) is 8.56. The molecule has 3 N–H and O–H groups in total. The van der Waals surface area contributed by atoms with Crippen LogP contribution in [-0.2, 0) is 6.54 Å². The number of anilines is 2. The molecule has 5 aromatic rings. The Hall–Kier alpha value is -4.60. The molecule has 0 radical (unpaired) electrons. The number of nitrogen functional groups attached to an aromatic ring is 1. The van der Waals surface area contributed by atoms with Crippen LogP contribution in [0, 0.1) is 12.7 Å². The third-order valence-electron chi connectivity index (χ3n) is 6.38. The van der Waals surface area contributed by atoms with Gasteiger partial charge in [0, 0.05) is 24.3 Å². The molecule has 0 unspecified atom stereocenters. The van der Waals surface area contributed by atoms with Gasteiger partial charge in [0.25, 0.3) is 0 Å². The fraction of sp³-hybridized carbons (Fsp3) is 0.192. The van der Waals surface area contributed by atoms with Gasteiger partial charge in [-0.15, -0.1) is 9.38 Å². The minimum absolute atomic E-state index is 0.0633. The molecule has 1 aliphatic heterocycles. The van der Waals surface area contributed by atoms with Crippen LogP contribution in [0.15, 0.2) is 65.6 Å². The van der Waals surface area contributed by atoms with E-state index in [4.69, 9.17) is 10.7 Å². The Balaban J connectivity index is 1.61. The van der Waals surface area contributed by atoms with E-state index in [1.165, 1.54) is 15.1 Å². The molecule has 1 fully saturated rings. The Morgan fingerprint density at radius 2 is 1.89 bits per heavy atom. The van der Waals surface area contributed by atoms with Gasteiger partial charge < -0.3 is 10.6 Å². The number of hydrogen-bond donors (Lipinski definition) is 2. The largest absolute Gasteiger partial charge is 0.428 e. The SMILES string of the molecule is Cc1cc(-c2c(-c3ccccc3)nc(N)[n+]3c(=O)n(Cc4ccc(F)cn4)[nH]c23)cc(N2CCC2)n1. The number of rotatable bonds is 5. The molecule has 180 valence electrons. The van der Waals surface area contributed by atoms with Crippen molar-refractivity contribution in [3.8, 4) is 22.4 Å². The minimum Gasteiger partial charge on any atom is -0.356 e. The number of nitrogens with zero attached hydrogens (tertiary/aromatic N) is 6. The monoisotopic (exact) mass is 483 g/mol. The van der Waals surface area contributed by atoms with E-state index in [-0.39, 0.29) is 12.5 Å². The number of benzene rings is 1. The fourth-order valence-corrected chi connectivity index (χ4v) is 4.51. The first-order valence-electron chi connectivity index (χ1n) is 11.7. The highest BCUT2D eigenvalue weighted by molar-refractivity contribution is 5.89. The van der Waals surface area contributed by atoms with Gasteiger partial charge in [0.1, 0.15) is 23.9 Å². The molecule has 1 aliphatic rings. The zero-order valence-electron chi connectivity index (χ0n) is 19.6. The van der Waals surface area contributed by atoms with Gasteiger partial charge in [0.15, 0.2) is 0 Å². The molecule has 36 heavy (non-hydrogen) atoms. The molecule has 6 rings (SSSR count). The third kappa shape index (κ3) is 3.76. The highest BCUT2D eigenvalue weighted by atomic mass is 19.1. The Bertz CT molecular complexity index is 1640. The summed E-state index contributed by atoms with van der Waals surface area (Å²) >= 11 is 0. The standard InChI is InChI=1S/C26H23FN8O/c1-16-12-18(13-21(30-16)33-10-5-11-33)22-23(17-6-3-2-4-7-17)31-25(28)35-24(22)32-34(26(35)36)15-20-9-8-19(27)14-29-20/h2-4,6-9,12-14H,5,10-11,15H2,1H3,(H2,28,30,31,32)/p+1. The van der Waals surface area contributed by atoms with E-state index in [0.29, 0.717) is 17.0 Å². The van der Waals surface area contributed by atoms with E-state index in [1.807, 2.05) is 49.4 Å². The molecule has 0 spiro atoms.